The summed E-state index contributed by atoms with van der Waals surface area (Å²) in [5, 5.41) is 10.6. The van der Waals surface area contributed by atoms with Crippen molar-refractivity contribution >= 4 is 56.5 Å². The highest BCUT2D eigenvalue weighted by atomic mass is 35.5. The maximum absolute atomic E-state index is 12.7. The van der Waals surface area contributed by atoms with E-state index in [-0.39, 0.29) is 18.9 Å². The molecule has 0 aliphatic carbocycles. The van der Waals surface area contributed by atoms with Crippen LogP contribution in [0.4, 0.5) is 0 Å². The number of hydrogen-bond donors (Lipinski definition) is 1. The molecule has 122 valence electrons. The minimum atomic E-state index is -0.946. The second kappa shape index (κ2) is 6.65. The number of ether oxygens (including phenoxy) is 1. The summed E-state index contributed by atoms with van der Waals surface area (Å²) in [4.78, 5) is 25.6. The van der Waals surface area contributed by atoms with Crippen molar-refractivity contribution in [3.63, 3.8) is 0 Å². The minimum absolute atomic E-state index is 0.125. The van der Waals surface area contributed by atoms with Gasteiger partial charge < -0.3 is 14.7 Å². The third-order valence-corrected chi connectivity index (χ3v) is 5.49. The van der Waals surface area contributed by atoms with E-state index < -0.39 is 12.1 Å². The van der Waals surface area contributed by atoms with Crippen LogP contribution in [0.15, 0.2) is 18.2 Å². The quantitative estimate of drug-likeness (QED) is 0.893. The summed E-state index contributed by atoms with van der Waals surface area (Å²) in [6.45, 7) is 0.981. The molecule has 1 saturated heterocycles. The summed E-state index contributed by atoms with van der Waals surface area (Å²) < 4.78 is 6.24. The van der Waals surface area contributed by atoms with E-state index in [1.807, 2.05) is 0 Å². The van der Waals surface area contributed by atoms with Gasteiger partial charge in [-0.3, -0.25) is 9.59 Å². The predicted molar refractivity (Wildman–Crippen MR) is 89.7 cm³/mol. The number of hydrogen-bond acceptors (Lipinski definition) is 4. The van der Waals surface area contributed by atoms with Crippen LogP contribution >= 0.6 is 34.5 Å². The van der Waals surface area contributed by atoms with Gasteiger partial charge in [-0.05, 0) is 12.1 Å². The van der Waals surface area contributed by atoms with Gasteiger partial charge in [-0.2, -0.15) is 0 Å². The van der Waals surface area contributed by atoms with Crippen LogP contribution in [-0.4, -0.2) is 47.7 Å². The lowest BCUT2D eigenvalue weighted by Gasteiger charge is -2.32. The molecule has 0 saturated carbocycles. The Balaban J connectivity index is 1.85. The lowest BCUT2D eigenvalue weighted by molar-refractivity contribution is -0.141. The van der Waals surface area contributed by atoms with Crippen LogP contribution in [0.5, 0.6) is 0 Å². The molecule has 1 unspecified atom stereocenters. The van der Waals surface area contributed by atoms with E-state index in [4.69, 9.17) is 33.0 Å². The maximum Gasteiger partial charge on any atom is 0.306 e. The number of fused-ring (bicyclic) bond motifs is 1. The molecule has 5 nitrogen and oxygen atoms in total. The van der Waals surface area contributed by atoms with Gasteiger partial charge in [-0.15, -0.1) is 11.3 Å². The number of carbonyl (C=O) groups excluding carboxylic acids is 1. The predicted octanol–water partition coefficient (Wildman–Crippen LogP) is 3.52. The van der Waals surface area contributed by atoms with Crippen LogP contribution in [0.3, 0.4) is 0 Å². The summed E-state index contributed by atoms with van der Waals surface area (Å²) in [7, 11) is 0. The summed E-state index contributed by atoms with van der Waals surface area (Å²) >= 11 is 13.6. The minimum Gasteiger partial charge on any atom is -0.481 e. The molecule has 1 aliphatic rings. The highest BCUT2D eigenvalue weighted by Gasteiger charge is 2.29. The van der Waals surface area contributed by atoms with Crippen molar-refractivity contribution in [2.24, 2.45) is 0 Å². The molecule has 1 aromatic heterocycles. The molecule has 23 heavy (non-hydrogen) atoms. The van der Waals surface area contributed by atoms with Crippen molar-refractivity contribution in [1.29, 1.82) is 0 Å². The smallest absolute Gasteiger partial charge is 0.306 e. The Morgan fingerprint density at radius 2 is 2.17 bits per heavy atom. The van der Waals surface area contributed by atoms with E-state index in [2.05, 4.69) is 0 Å². The van der Waals surface area contributed by atoms with Crippen LogP contribution in [-0.2, 0) is 9.53 Å². The zero-order valence-electron chi connectivity index (χ0n) is 11.9. The number of amides is 1. The average molecular weight is 374 g/mol. The molecule has 1 fully saturated rings. The molecular formula is C15H13Cl2NO4S. The second-order valence-electron chi connectivity index (χ2n) is 5.23. The van der Waals surface area contributed by atoms with Gasteiger partial charge in [0.05, 0.1) is 24.2 Å². The van der Waals surface area contributed by atoms with E-state index in [1.165, 1.54) is 11.3 Å². The van der Waals surface area contributed by atoms with Gasteiger partial charge in [-0.25, -0.2) is 0 Å². The standard InChI is InChI=1S/C15H13Cl2NO4S/c16-8-1-2-10-11(5-8)23-14(13(10)17)15(21)18-3-4-22-9(7-18)6-12(19)20/h1-2,5,9H,3-4,6-7H2,(H,19,20). The van der Waals surface area contributed by atoms with E-state index in [0.717, 1.165) is 10.1 Å². The SMILES string of the molecule is O=C(O)CC1CN(C(=O)c2sc3cc(Cl)ccc3c2Cl)CCO1. The van der Waals surface area contributed by atoms with Gasteiger partial charge in [0.15, 0.2) is 0 Å². The van der Waals surface area contributed by atoms with E-state index >= 15 is 0 Å². The average Bonchev–Trinajstić information content (AvgIpc) is 2.82. The molecule has 1 amide bonds. The van der Waals surface area contributed by atoms with Crippen LogP contribution in [0.25, 0.3) is 10.1 Å². The third kappa shape index (κ3) is 3.45. The molecular weight excluding hydrogens is 361 g/mol. The Hall–Kier alpha value is -1.34. The third-order valence-electron chi connectivity index (χ3n) is 3.61. The number of benzene rings is 1. The Morgan fingerprint density at radius 1 is 1.39 bits per heavy atom. The van der Waals surface area contributed by atoms with Crippen LogP contribution in [0.1, 0.15) is 16.1 Å². The molecule has 3 rings (SSSR count). The lowest BCUT2D eigenvalue weighted by Crippen LogP contribution is -2.46. The van der Waals surface area contributed by atoms with Gasteiger partial charge >= 0.3 is 5.97 Å². The molecule has 0 spiro atoms. The largest absolute Gasteiger partial charge is 0.481 e. The molecule has 2 aromatic rings. The summed E-state index contributed by atoms with van der Waals surface area (Å²) in [5.41, 5.74) is 0. The number of morpholine rings is 1. The van der Waals surface area contributed by atoms with E-state index in [0.29, 0.717) is 28.1 Å². The van der Waals surface area contributed by atoms with E-state index in [9.17, 15) is 9.59 Å². The van der Waals surface area contributed by atoms with Gasteiger partial charge in [0.25, 0.3) is 5.91 Å². The fourth-order valence-corrected chi connectivity index (χ4v) is 4.30. The number of carbonyl (C=O) groups is 2. The molecule has 1 N–H and O–H groups in total. The number of thiophene rings is 1. The van der Waals surface area contributed by atoms with Crippen LogP contribution < -0.4 is 0 Å². The van der Waals surface area contributed by atoms with Crippen molar-refractivity contribution in [2.75, 3.05) is 19.7 Å². The number of carboxylic acids is 1. The summed E-state index contributed by atoms with van der Waals surface area (Å²) in [6, 6.07) is 5.30. The molecule has 2 heterocycles. The second-order valence-corrected chi connectivity index (χ2v) is 7.09. The normalized spacial score (nSPS) is 18.3. The molecule has 1 atom stereocenters. The van der Waals surface area contributed by atoms with Gasteiger partial charge in [0.2, 0.25) is 0 Å². The fourth-order valence-electron chi connectivity index (χ4n) is 2.54. The van der Waals surface area contributed by atoms with Crippen LogP contribution in [0, 0.1) is 0 Å². The highest BCUT2D eigenvalue weighted by molar-refractivity contribution is 7.21. The Morgan fingerprint density at radius 3 is 2.91 bits per heavy atom. The fraction of sp³-hybridized carbons (Fsp3) is 0.333. The zero-order chi connectivity index (χ0) is 16.6. The molecule has 8 heteroatoms. The van der Waals surface area contributed by atoms with Crippen molar-refractivity contribution in [3.05, 3.63) is 33.1 Å². The Bertz CT molecular complexity index is 776. The summed E-state index contributed by atoms with van der Waals surface area (Å²) in [6.07, 6.45) is -0.618. The molecule has 0 radical (unpaired) electrons. The monoisotopic (exact) mass is 373 g/mol. The number of rotatable bonds is 3. The highest BCUT2D eigenvalue weighted by Crippen LogP contribution is 2.37. The molecule has 0 bridgehead atoms. The van der Waals surface area contributed by atoms with Crippen LogP contribution in [0.2, 0.25) is 10.0 Å². The number of carboxylic acid groups (broad SMARTS) is 1. The van der Waals surface area contributed by atoms with Crippen molar-refractivity contribution in [2.45, 2.75) is 12.5 Å². The van der Waals surface area contributed by atoms with Crippen molar-refractivity contribution in [1.82, 2.24) is 4.90 Å². The number of aliphatic carboxylic acids is 1. The summed E-state index contributed by atoms with van der Waals surface area (Å²) in [5.74, 6) is -1.15. The van der Waals surface area contributed by atoms with E-state index in [1.54, 1.807) is 23.1 Å². The van der Waals surface area contributed by atoms with Gasteiger partial charge in [0.1, 0.15) is 4.88 Å². The van der Waals surface area contributed by atoms with Crippen molar-refractivity contribution < 1.29 is 19.4 Å². The Labute approximate surface area is 146 Å². The molecule has 1 aromatic carbocycles. The Kier molecular flexibility index (Phi) is 4.77. The van der Waals surface area contributed by atoms with Gasteiger partial charge in [0, 0.05) is 28.2 Å². The first kappa shape index (κ1) is 16.5. The van der Waals surface area contributed by atoms with Crippen molar-refractivity contribution in [3.8, 4) is 0 Å². The lowest BCUT2D eigenvalue weighted by atomic mass is 10.2. The first-order valence-electron chi connectivity index (χ1n) is 6.96. The zero-order valence-corrected chi connectivity index (χ0v) is 14.2. The maximum atomic E-state index is 12.7. The first-order chi connectivity index (χ1) is 11.0. The number of nitrogens with zero attached hydrogens (tertiary/aromatic N) is 1. The topological polar surface area (TPSA) is 66.8 Å². The number of halogens is 2. The first-order valence-corrected chi connectivity index (χ1v) is 8.53. The van der Waals surface area contributed by atoms with Gasteiger partial charge in [-0.1, -0.05) is 29.3 Å². The molecule has 1 aliphatic heterocycles.